The number of nitriles is 2. The first-order valence-corrected chi connectivity index (χ1v) is 12.9. The van der Waals surface area contributed by atoms with Crippen molar-refractivity contribution in [3.05, 3.63) is 111 Å². The number of rotatable bonds is 5. The first kappa shape index (κ1) is 25.6. The summed E-state index contributed by atoms with van der Waals surface area (Å²) in [6.45, 7) is 1.97. The van der Waals surface area contributed by atoms with E-state index < -0.39 is 5.56 Å². The number of nitrogens with one attached hydrogen (secondary N) is 1. The van der Waals surface area contributed by atoms with Gasteiger partial charge in [0.2, 0.25) is 0 Å². The summed E-state index contributed by atoms with van der Waals surface area (Å²) in [5, 5.41) is 28.9. The van der Waals surface area contributed by atoms with Gasteiger partial charge in [-0.3, -0.25) is 9.89 Å². The van der Waals surface area contributed by atoms with Crippen LogP contribution in [0.15, 0.2) is 83.8 Å². The largest absolute Gasteiger partial charge is 0.497 e. The molecule has 0 aliphatic rings. The number of pyridine rings is 1. The fraction of sp³-hybridized carbons (Fsp3) is 0.0645. The quantitative estimate of drug-likeness (QED) is 0.280. The van der Waals surface area contributed by atoms with Crippen molar-refractivity contribution in [2.45, 2.75) is 6.92 Å². The molecule has 0 bridgehead atoms. The van der Waals surface area contributed by atoms with Gasteiger partial charge in [0.15, 0.2) is 11.5 Å². The molecule has 0 aliphatic heterocycles. The Labute approximate surface area is 239 Å². The van der Waals surface area contributed by atoms with E-state index in [2.05, 4.69) is 16.2 Å². The van der Waals surface area contributed by atoms with Gasteiger partial charge in [0.1, 0.15) is 34.7 Å². The number of fused-ring (bicyclic) bond motifs is 1. The Morgan fingerprint density at radius 2 is 1.66 bits per heavy atom. The van der Waals surface area contributed by atoms with Crippen LogP contribution < -0.4 is 10.3 Å². The van der Waals surface area contributed by atoms with E-state index in [1.165, 1.54) is 0 Å². The van der Waals surface area contributed by atoms with E-state index in [1.807, 2.05) is 55.5 Å². The predicted octanol–water partition coefficient (Wildman–Crippen LogP) is 5.92. The maximum absolute atomic E-state index is 13.7. The summed E-state index contributed by atoms with van der Waals surface area (Å²) in [4.78, 5) is 18.3. The van der Waals surface area contributed by atoms with Crippen molar-refractivity contribution in [1.29, 1.82) is 10.5 Å². The molecular formula is C31H20ClN7O2. The Morgan fingerprint density at radius 1 is 0.951 bits per heavy atom. The van der Waals surface area contributed by atoms with E-state index in [0.29, 0.717) is 39.1 Å². The highest BCUT2D eigenvalue weighted by atomic mass is 35.5. The zero-order valence-electron chi connectivity index (χ0n) is 21.9. The van der Waals surface area contributed by atoms with Crippen molar-refractivity contribution in [1.82, 2.24) is 24.4 Å². The molecule has 3 aromatic heterocycles. The standard InChI is InChI=1S/C31H20ClN7O2/c1-18-6-8-20(9-7-18)29-35-30-24(15-33)27(25(16-34)31(40)39(30)37-29)26-17-38(22-5-3-4-21(32)14-22)36-28(26)19-10-12-23(41-2)13-11-19/h3-14,17H,1-2H3,(H,35,37). The molecule has 3 heterocycles. The van der Waals surface area contributed by atoms with Crippen LogP contribution in [0.1, 0.15) is 16.7 Å². The number of halogens is 1. The molecule has 0 radical (unpaired) electrons. The summed E-state index contributed by atoms with van der Waals surface area (Å²) in [6.07, 6.45) is 1.69. The van der Waals surface area contributed by atoms with Crippen LogP contribution in [-0.4, -0.2) is 31.5 Å². The molecule has 0 saturated heterocycles. The van der Waals surface area contributed by atoms with Crippen molar-refractivity contribution in [2.24, 2.45) is 0 Å². The van der Waals surface area contributed by atoms with Gasteiger partial charge in [0.25, 0.3) is 5.56 Å². The van der Waals surface area contributed by atoms with Crippen LogP contribution in [0.25, 0.3) is 45.1 Å². The van der Waals surface area contributed by atoms with Crippen molar-refractivity contribution < 1.29 is 4.74 Å². The number of nitrogens with zero attached hydrogens (tertiary/aromatic N) is 6. The zero-order valence-corrected chi connectivity index (χ0v) is 22.6. The third-order valence-corrected chi connectivity index (χ3v) is 6.99. The van der Waals surface area contributed by atoms with Gasteiger partial charge in [0, 0.05) is 33.5 Å². The second kappa shape index (κ2) is 10.2. The number of aromatic nitrogens is 5. The van der Waals surface area contributed by atoms with Crippen molar-refractivity contribution in [3.8, 4) is 57.3 Å². The maximum Gasteiger partial charge on any atom is 0.289 e. The molecule has 0 unspecified atom stereocenters. The molecule has 198 valence electrons. The molecule has 0 aliphatic carbocycles. The Kier molecular flexibility index (Phi) is 6.35. The lowest BCUT2D eigenvalue weighted by Crippen LogP contribution is -2.20. The molecule has 10 heteroatoms. The van der Waals surface area contributed by atoms with Gasteiger partial charge in [-0.1, -0.05) is 47.5 Å². The molecule has 0 atom stereocenters. The molecule has 3 aromatic carbocycles. The van der Waals surface area contributed by atoms with Gasteiger partial charge in [-0.2, -0.15) is 20.1 Å². The average Bonchev–Trinajstić information content (AvgIpc) is 3.63. The lowest BCUT2D eigenvalue weighted by Gasteiger charge is -2.08. The van der Waals surface area contributed by atoms with Gasteiger partial charge in [-0.05, 0) is 49.4 Å². The molecule has 0 saturated carbocycles. The lowest BCUT2D eigenvalue weighted by molar-refractivity contribution is 0.415. The van der Waals surface area contributed by atoms with E-state index in [4.69, 9.17) is 21.4 Å². The van der Waals surface area contributed by atoms with Crippen LogP contribution in [0.3, 0.4) is 0 Å². The lowest BCUT2D eigenvalue weighted by atomic mass is 9.95. The van der Waals surface area contributed by atoms with E-state index in [1.54, 1.807) is 48.3 Å². The summed E-state index contributed by atoms with van der Waals surface area (Å²) >= 11 is 6.25. The van der Waals surface area contributed by atoms with Crippen LogP contribution in [0.5, 0.6) is 5.75 Å². The van der Waals surface area contributed by atoms with Crippen molar-refractivity contribution >= 4 is 17.2 Å². The van der Waals surface area contributed by atoms with Gasteiger partial charge in [0.05, 0.1) is 12.8 Å². The van der Waals surface area contributed by atoms with E-state index in [-0.39, 0.29) is 22.3 Å². The van der Waals surface area contributed by atoms with Gasteiger partial charge in [-0.25, -0.2) is 9.67 Å². The minimum atomic E-state index is -0.626. The topological polar surface area (TPSA) is 125 Å². The minimum Gasteiger partial charge on any atom is -0.497 e. The number of benzene rings is 3. The number of methoxy groups -OCH3 is 1. The molecule has 0 spiro atoms. The molecule has 1 N–H and O–H groups in total. The molecule has 6 aromatic rings. The van der Waals surface area contributed by atoms with Crippen LogP contribution in [0.2, 0.25) is 5.02 Å². The Hall–Kier alpha value is -5.64. The Balaban J connectivity index is 1.66. The van der Waals surface area contributed by atoms with Crippen molar-refractivity contribution in [3.63, 3.8) is 0 Å². The van der Waals surface area contributed by atoms with Gasteiger partial charge >= 0.3 is 0 Å². The number of aromatic amines is 1. The van der Waals surface area contributed by atoms with Crippen LogP contribution in [0, 0.1) is 29.6 Å². The normalized spacial score (nSPS) is 10.9. The van der Waals surface area contributed by atoms with Crippen LogP contribution in [0.4, 0.5) is 0 Å². The average molecular weight is 558 g/mol. The van der Waals surface area contributed by atoms with Crippen molar-refractivity contribution in [2.75, 3.05) is 7.11 Å². The third kappa shape index (κ3) is 4.41. The third-order valence-electron chi connectivity index (χ3n) is 6.76. The molecule has 0 fully saturated rings. The highest BCUT2D eigenvalue weighted by molar-refractivity contribution is 6.30. The van der Waals surface area contributed by atoms with E-state index in [9.17, 15) is 15.3 Å². The molecule has 9 nitrogen and oxygen atoms in total. The maximum atomic E-state index is 13.7. The highest BCUT2D eigenvalue weighted by Gasteiger charge is 2.27. The summed E-state index contributed by atoms with van der Waals surface area (Å²) in [7, 11) is 1.57. The predicted molar refractivity (Wildman–Crippen MR) is 155 cm³/mol. The molecule has 0 amide bonds. The first-order valence-electron chi connectivity index (χ1n) is 12.5. The highest BCUT2D eigenvalue weighted by Crippen LogP contribution is 2.37. The van der Waals surface area contributed by atoms with E-state index in [0.717, 1.165) is 15.6 Å². The first-order chi connectivity index (χ1) is 19.9. The number of aryl methyl sites for hydroxylation is 1. The summed E-state index contributed by atoms with van der Waals surface area (Å²) < 4.78 is 8.06. The Morgan fingerprint density at radius 3 is 2.32 bits per heavy atom. The van der Waals surface area contributed by atoms with Crippen LogP contribution in [-0.2, 0) is 0 Å². The fourth-order valence-corrected chi connectivity index (χ4v) is 4.88. The molecular weight excluding hydrogens is 538 g/mol. The monoisotopic (exact) mass is 557 g/mol. The number of hydrogen-bond acceptors (Lipinski definition) is 6. The molecule has 6 rings (SSSR count). The SMILES string of the molecule is COc1ccc(-c2nn(-c3cccc(Cl)c3)cc2-c2c(C#N)c(=O)n3[nH]c(-c4ccc(C)cc4)nc3c2C#N)cc1. The van der Waals surface area contributed by atoms with Crippen LogP contribution >= 0.6 is 11.6 Å². The zero-order chi connectivity index (χ0) is 28.7. The van der Waals surface area contributed by atoms with E-state index >= 15 is 0 Å². The number of hydrogen-bond donors (Lipinski definition) is 1. The smallest absolute Gasteiger partial charge is 0.289 e. The summed E-state index contributed by atoms with van der Waals surface area (Å²) in [5.41, 5.74) is 3.52. The Bertz CT molecular complexity index is 2090. The van der Waals surface area contributed by atoms with Gasteiger partial charge < -0.3 is 4.74 Å². The summed E-state index contributed by atoms with van der Waals surface area (Å²) in [5.74, 6) is 1.05. The van der Waals surface area contributed by atoms with Gasteiger partial charge in [-0.15, -0.1) is 0 Å². The number of ether oxygens (including phenoxy) is 1. The number of H-pyrrole nitrogens is 1. The fourth-order valence-electron chi connectivity index (χ4n) is 4.70. The molecule has 41 heavy (non-hydrogen) atoms. The second-order valence-corrected chi connectivity index (χ2v) is 9.73. The summed E-state index contributed by atoms with van der Waals surface area (Å²) in [6, 6.07) is 26.1. The minimum absolute atomic E-state index is 0.0659. The second-order valence-electron chi connectivity index (χ2n) is 9.30.